The van der Waals surface area contributed by atoms with Crippen LogP contribution in [-0.2, 0) is 16.0 Å². The molecule has 5 nitrogen and oxygen atoms in total. The molecule has 0 amide bonds. The Labute approximate surface area is 147 Å². The van der Waals surface area contributed by atoms with Gasteiger partial charge in [-0.3, -0.25) is 0 Å². The fraction of sp³-hybridized carbons (Fsp3) is 0.500. The van der Waals surface area contributed by atoms with E-state index in [0.29, 0.717) is 12.3 Å². The van der Waals surface area contributed by atoms with Crippen LogP contribution in [0.3, 0.4) is 0 Å². The van der Waals surface area contributed by atoms with Gasteiger partial charge in [0, 0.05) is 17.6 Å². The van der Waals surface area contributed by atoms with Crippen molar-refractivity contribution in [1.29, 1.82) is 0 Å². The van der Waals surface area contributed by atoms with Crippen LogP contribution < -0.4 is 11.5 Å². The summed E-state index contributed by atoms with van der Waals surface area (Å²) in [6.45, 7) is 2.13. The number of benzene rings is 1. The summed E-state index contributed by atoms with van der Waals surface area (Å²) in [7, 11) is 1.98. The van der Waals surface area contributed by atoms with Crippen molar-refractivity contribution in [2.75, 3.05) is 18.9 Å². The fourth-order valence-electron chi connectivity index (χ4n) is 2.74. The van der Waals surface area contributed by atoms with Gasteiger partial charge in [0.15, 0.2) is 14.1 Å². The van der Waals surface area contributed by atoms with Crippen LogP contribution in [0.15, 0.2) is 15.0 Å². The van der Waals surface area contributed by atoms with E-state index in [1.54, 1.807) is 0 Å². The number of anilines is 1. The molecule has 2 heterocycles. The number of imidazole rings is 1. The van der Waals surface area contributed by atoms with Crippen LogP contribution in [0.25, 0.3) is 11.0 Å². The molecule has 1 fully saturated rings. The summed E-state index contributed by atoms with van der Waals surface area (Å²) in [6, 6.07) is 2.03. The van der Waals surface area contributed by atoms with Gasteiger partial charge in [-0.25, -0.2) is 4.98 Å². The van der Waals surface area contributed by atoms with Crippen LogP contribution in [0.1, 0.15) is 19.3 Å². The molecule has 0 aliphatic carbocycles. The van der Waals surface area contributed by atoms with Gasteiger partial charge in [-0.15, -0.1) is 0 Å². The number of hydrogen-bond donors (Lipinski definition) is 1. The molecule has 22 heavy (non-hydrogen) atoms. The molecule has 1 aliphatic rings. The van der Waals surface area contributed by atoms with Gasteiger partial charge in [0.05, 0.1) is 28.0 Å². The van der Waals surface area contributed by atoms with E-state index in [4.69, 9.17) is 15.2 Å². The summed E-state index contributed by atoms with van der Waals surface area (Å²) in [5, 5.41) is 0. The lowest BCUT2D eigenvalue weighted by Crippen LogP contribution is -2.26. The number of nitrogens with two attached hydrogens (primary N) is 1. The van der Waals surface area contributed by atoms with Gasteiger partial charge in [0.2, 0.25) is 0 Å². The molecule has 0 radical (unpaired) electrons. The maximum atomic E-state index is 6.14. The third-order valence-electron chi connectivity index (χ3n) is 3.92. The first-order valence-corrected chi connectivity index (χ1v) is 9.00. The van der Waals surface area contributed by atoms with Crippen LogP contribution in [0.2, 0.25) is 0 Å². The number of hydrogen-bond acceptors (Lipinski definition) is 4. The van der Waals surface area contributed by atoms with E-state index in [0.717, 1.165) is 51.7 Å². The summed E-state index contributed by atoms with van der Waals surface area (Å²) >= 11 is 7.00. The van der Waals surface area contributed by atoms with Gasteiger partial charge in [-0.05, 0) is 57.2 Å². The van der Waals surface area contributed by atoms with E-state index >= 15 is 0 Å². The average Bonchev–Trinajstić information content (AvgIpc) is 2.83. The third-order valence-corrected chi connectivity index (χ3v) is 5.93. The van der Waals surface area contributed by atoms with Crippen molar-refractivity contribution in [3.63, 3.8) is 0 Å². The fourth-order valence-corrected chi connectivity index (χ4v) is 3.48. The van der Waals surface area contributed by atoms with Gasteiger partial charge in [-0.1, -0.05) is 0 Å². The molecule has 2 aromatic rings. The van der Waals surface area contributed by atoms with Crippen LogP contribution >= 0.6 is 31.9 Å². The smallest absolute Gasteiger partial charge is 0.186 e. The highest BCUT2D eigenvalue weighted by molar-refractivity contribution is 9.13. The van der Waals surface area contributed by atoms with Gasteiger partial charge in [0.25, 0.3) is 0 Å². The second-order valence-electron chi connectivity index (χ2n) is 5.43. The van der Waals surface area contributed by atoms with E-state index in [1.807, 2.05) is 13.9 Å². The van der Waals surface area contributed by atoms with Crippen LogP contribution in [-0.4, -0.2) is 36.9 Å². The number of rotatable bonds is 4. The Morgan fingerprint density at radius 3 is 3.00 bits per heavy atom. The highest BCUT2D eigenvalue weighted by atomic mass is 79.9. The predicted octanol–water partition coefficient (Wildman–Crippen LogP) is 1.95. The molecule has 8 heteroatoms. The van der Waals surface area contributed by atoms with Crippen molar-refractivity contribution in [2.45, 2.75) is 32.1 Å². The lowest BCUT2D eigenvalue weighted by Gasteiger charge is -2.23. The summed E-state index contributed by atoms with van der Waals surface area (Å²) in [6.07, 6.45) is 3.23. The maximum absolute atomic E-state index is 6.14. The highest BCUT2D eigenvalue weighted by Crippen LogP contribution is 2.34. The molecule has 1 unspecified atom stereocenters. The van der Waals surface area contributed by atoms with Gasteiger partial charge in [0.1, 0.15) is 5.52 Å². The lowest BCUT2D eigenvalue weighted by atomic mass is 10.1. The first-order chi connectivity index (χ1) is 10.6. The van der Waals surface area contributed by atoms with E-state index in [1.165, 1.54) is 6.42 Å². The molecule has 2 N–H and O–H groups in total. The van der Waals surface area contributed by atoms with Crippen molar-refractivity contribution in [1.82, 2.24) is 9.55 Å². The van der Waals surface area contributed by atoms with Crippen molar-refractivity contribution in [3.8, 4) is 0 Å². The van der Waals surface area contributed by atoms with E-state index in [-0.39, 0.29) is 6.29 Å². The molecule has 118 valence electrons. The van der Waals surface area contributed by atoms with Crippen molar-refractivity contribution in [3.05, 3.63) is 15.0 Å². The Balaban J connectivity index is 1.77. The minimum atomic E-state index is -0.0604. The third kappa shape index (κ3) is 3.20. The number of nitrogens with zero attached hydrogens (tertiary/aromatic N) is 2. The van der Waals surface area contributed by atoms with E-state index in [9.17, 15) is 0 Å². The Bertz CT molecular complexity index is 687. The maximum Gasteiger partial charge on any atom is 0.186 e. The topological polar surface area (TPSA) is 62.3 Å². The summed E-state index contributed by atoms with van der Waals surface area (Å²) in [4.78, 5) is 4.58. The van der Waals surface area contributed by atoms with Crippen LogP contribution in [0.4, 0.5) is 5.69 Å². The van der Waals surface area contributed by atoms with Crippen molar-refractivity contribution in [2.24, 2.45) is 0 Å². The largest absolute Gasteiger partial charge is 0.396 e. The quantitative estimate of drug-likeness (QED) is 0.595. The minimum Gasteiger partial charge on any atom is -0.396 e. The van der Waals surface area contributed by atoms with Gasteiger partial charge in [-0.2, -0.15) is 0 Å². The first kappa shape index (κ1) is 16.3. The first-order valence-electron chi connectivity index (χ1n) is 7.41. The van der Waals surface area contributed by atoms with Crippen LogP contribution in [0.5, 0.6) is 0 Å². The molecule has 3 rings (SSSR count). The predicted molar refractivity (Wildman–Crippen MR) is 97.3 cm³/mol. The lowest BCUT2D eigenvalue weighted by molar-refractivity contribution is -0.163. The summed E-state index contributed by atoms with van der Waals surface area (Å²) in [5.41, 5.74) is 9.56. The molecule has 1 atom stereocenters. The molecular weight excluding hydrogens is 413 g/mol. The van der Waals surface area contributed by atoms with Crippen molar-refractivity contribution >= 4 is 62.2 Å². The normalized spacial score (nSPS) is 18.9. The van der Waals surface area contributed by atoms with Gasteiger partial charge < -0.3 is 19.8 Å². The molecule has 0 spiro atoms. The molecule has 1 aromatic heterocycles. The number of nitrogen functional groups attached to an aromatic ring is 1. The number of halogens is 2. The summed E-state index contributed by atoms with van der Waals surface area (Å²) in [5.74, 6) is 0. The minimum absolute atomic E-state index is 0.0604. The Kier molecular flexibility index (Phi) is 5.12. The zero-order valence-corrected chi connectivity index (χ0v) is 15.6. The van der Waals surface area contributed by atoms with Crippen LogP contribution in [0, 0.1) is 0 Å². The SMILES string of the molecule is Bc1nc2c(N)c(Br)c(Br)cc2n1CCOC1CCCCO1. The molecule has 1 aromatic carbocycles. The molecule has 1 aliphatic heterocycles. The Morgan fingerprint density at radius 2 is 2.27 bits per heavy atom. The summed E-state index contributed by atoms with van der Waals surface area (Å²) < 4.78 is 15.3. The number of fused-ring (bicyclic) bond motifs is 1. The molecule has 0 bridgehead atoms. The average molecular weight is 431 g/mol. The van der Waals surface area contributed by atoms with Crippen molar-refractivity contribution < 1.29 is 9.47 Å². The number of aromatic nitrogens is 2. The highest BCUT2D eigenvalue weighted by Gasteiger charge is 2.16. The zero-order chi connectivity index (χ0) is 15.7. The second kappa shape index (κ2) is 6.90. The molecule has 1 saturated heterocycles. The van der Waals surface area contributed by atoms with Gasteiger partial charge >= 0.3 is 0 Å². The van der Waals surface area contributed by atoms with E-state index in [2.05, 4.69) is 41.4 Å². The van der Waals surface area contributed by atoms with E-state index < -0.39 is 0 Å². The monoisotopic (exact) mass is 429 g/mol. The Morgan fingerprint density at radius 1 is 1.45 bits per heavy atom. The zero-order valence-electron chi connectivity index (χ0n) is 12.4. The standard InChI is InChI=1S/C14H18BBr2N3O2/c15-14-19-13-9(7-8(16)11(17)12(13)18)20(14)4-6-22-10-3-1-2-5-21-10/h7,10H,1-6,15,18H2. The molecule has 0 saturated carbocycles. The molecular formula is C14H18BBr2N3O2. The Hall–Kier alpha value is -0.565. The number of ether oxygens (including phenoxy) is 2. The second-order valence-corrected chi connectivity index (χ2v) is 7.08.